The second-order valence-corrected chi connectivity index (χ2v) is 17.3. The van der Waals surface area contributed by atoms with Gasteiger partial charge in [-0.3, -0.25) is 19.4 Å². The van der Waals surface area contributed by atoms with Crippen LogP contribution in [0.4, 0.5) is 17.2 Å². The largest absolute Gasteiger partial charge is 0.508 e. The molecule has 8 rings (SSSR count). The fourth-order valence-electron chi connectivity index (χ4n) is 8.43. The average Bonchev–Trinajstić information content (AvgIpc) is 3.85. The van der Waals surface area contributed by atoms with Crippen molar-refractivity contribution < 1.29 is 24.2 Å². The molecule has 0 radical (unpaired) electrons. The lowest BCUT2D eigenvalue weighted by Gasteiger charge is -2.27. The highest BCUT2D eigenvalue weighted by atomic mass is 35.5. The molecule has 3 aromatic heterocycles. The summed E-state index contributed by atoms with van der Waals surface area (Å²) in [6.45, 7) is 6.93. The topological polar surface area (TPSA) is 198 Å². The van der Waals surface area contributed by atoms with Crippen molar-refractivity contribution in [2.24, 2.45) is 7.05 Å². The van der Waals surface area contributed by atoms with Crippen molar-refractivity contribution in [3.05, 3.63) is 137 Å². The number of aryl methyl sites for hydroxylation is 2. The van der Waals surface area contributed by atoms with E-state index in [4.69, 9.17) is 22.1 Å². The Morgan fingerprint density at radius 2 is 1.51 bits per heavy atom. The van der Waals surface area contributed by atoms with Crippen LogP contribution in [0.1, 0.15) is 71.5 Å². The summed E-state index contributed by atoms with van der Waals surface area (Å²) in [5, 5.41) is 27.0. The van der Waals surface area contributed by atoms with Crippen LogP contribution in [0.15, 0.2) is 110 Å². The Morgan fingerprint density at radius 3 is 2.25 bits per heavy atom. The number of unbranched alkanes of at least 4 members (excludes halogenated alkanes) is 2. The van der Waals surface area contributed by atoms with Crippen molar-refractivity contribution in [2.75, 3.05) is 36.0 Å². The lowest BCUT2D eigenvalue weighted by atomic mass is 9.92. The molecular weight excluding hydrogens is 866 g/mol. The second kappa shape index (κ2) is 19.9. The zero-order valence-electron chi connectivity index (χ0n) is 37.9. The number of fused-ring (bicyclic) bond motifs is 2. The highest BCUT2D eigenvalue weighted by molar-refractivity contribution is 6.34. The fraction of sp³-hybridized carbons (Fsp3) is 0.250. The molecule has 0 saturated carbocycles. The lowest BCUT2D eigenvalue weighted by molar-refractivity contribution is -0.120. The van der Waals surface area contributed by atoms with Gasteiger partial charge in [-0.1, -0.05) is 48.9 Å². The molecule has 1 atom stereocenters. The van der Waals surface area contributed by atoms with Gasteiger partial charge in [0.2, 0.25) is 5.91 Å². The number of carbonyl (C=O) groups is 3. The third kappa shape index (κ3) is 10.4. The number of nitrogens with two attached hydrogens (primary N) is 1. The van der Waals surface area contributed by atoms with Crippen LogP contribution in [0.2, 0.25) is 5.02 Å². The summed E-state index contributed by atoms with van der Waals surface area (Å²) in [6.07, 6.45) is 8.44. The Bertz CT molecular complexity index is 2970. The molecule has 15 heteroatoms. The van der Waals surface area contributed by atoms with Crippen LogP contribution in [-0.4, -0.2) is 62.8 Å². The Morgan fingerprint density at radius 1 is 0.791 bits per heavy atom. The van der Waals surface area contributed by atoms with E-state index in [1.54, 1.807) is 48.8 Å². The first-order chi connectivity index (χ1) is 32.3. The SMILES string of the molecule is CCc1c(-c2ccc(C(=O)NCCC(=O)NCCCCCNC(=O)c3cc(OC4(C)Nc5cc(Cl)c(-c6ccc7c(ccn7C)c6)cc5N4)ccc3C)nc2)cnc(N)c1-c1ccc(O)cc1. The first kappa shape index (κ1) is 46.0. The number of phenolic OH excluding ortho intramolecular Hbond substituents is 1. The minimum atomic E-state index is -0.994. The van der Waals surface area contributed by atoms with Gasteiger partial charge in [0, 0.05) is 97.3 Å². The van der Waals surface area contributed by atoms with Crippen molar-refractivity contribution in [2.45, 2.75) is 58.7 Å². The number of hydrogen-bond donors (Lipinski definition) is 7. The predicted octanol–water partition coefficient (Wildman–Crippen LogP) is 9.21. The molecule has 8 N–H and O–H groups in total. The molecule has 4 aromatic carbocycles. The molecule has 0 fully saturated rings. The Kier molecular flexibility index (Phi) is 13.6. The molecule has 344 valence electrons. The van der Waals surface area contributed by atoms with Crippen molar-refractivity contribution in [1.29, 1.82) is 0 Å². The van der Waals surface area contributed by atoms with Crippen LogP contribution in [0.25, 0.3) is 44.3 Å². The molecule has 0 bridgehead atoms. The number of phenols is 1. The second-order valence-electron chi connectivity index (χ2n) is 16.9. The maximum atomic E-state index is 13.3. The van der Waals surface area contributed by atoms with E-state index in [-0.39, 0.29) is 42.1 Å². The minimum absolute atomic E-state index is 0.124. The molecule has 1 unspecified atom stereocenters. The van der Waals surface area contributed by atoms with E-state index in [0.29, 0.717) is 41.7 Å². The Balaban J connectivity index is 0.738. The van der Waals surface area contributed by atoms with Crippen LogP contribution in [0.5, 0.6) is 11.5 Å². The molecule has 67 heavy (non-hydrogen) atoms. The summed E-state index contributed by atoms with van der Waals surface area (Å²) in [4.78, 5) is 47.4. The van der Waals surface area contributed by atoms with Gasteiger partial charge >= 0.3 is 0 Å². The van der Waals surface area contributed by atoms with Crippen LogP contribution in [-0.2, 0) is 18.3 Å². The third-order valence-electron chi connectivity index (χ3n) is 12.0. The molecule has 14 nitrogen and oxygen atoms in total. The lowest BCUT2D eigenvalue weighted by Crippen LogP contribution is -2.44. The molecular formula is C52H54ClN9O5. The van der Waals surface area contributed by atoms with Crippen molar-refractivity contribution >= 4 is 57.4 Å². The predicted molar refractivity (Wildman–Crippen MR) is 265 cm³/mol. The van der Waals surface area contributed by atoms with Crippen LogP contribution in [0, 0.1) is 6.92 Å². The van der Waals surface area contributed by atoms with E-state index in [2.05, 4.69) is 65.4 Å². The minimum Gasteiger partial charge on any atom is -0.508 e. The zero-order chi connectivity index (χ0) is 47.2. The molecule has 1 aliphatic rings. The number of rotatable bonds is 17. The monoisotopic (exact) mass is 919 g/mol. The maximum absolute atomic E-state index is 13.3. The highest BCUT2D eigenvalue weighted by Crippen LogP contribution is 2.43. The van der Waals surface area contributed by atoms with Crippen molar-refractivity contribution in [3.8, 4) is 44.9 Å². The van der Waals surface area contributed by atoms with Gasteiger partial charge in [0.1, 0.15) is 23.0 Å². The fourth-order valence-corrected chi connectivity index (χ4v) is 8.70. The quantitative estimate of drug-likeness (QED) is 0.0433. The van der Waals surface area contributed by atoms with Gasteiger partial charge in [-0.25, -0.2) is 4.98 Å². The van der Waals surface area contributed by atoms with Gasteiger partial charge in [0.05, 0.1) is 16.4 Å². The number of halogens is 1. The van der Waals surface area contributed by atoms with Crippen LogP contribution < -0.4 is 37.1 Å². The van der Waals surface area contributed by atoms with Gasteiger partial charge < -0.3 is 46.7 Å². The maximum Gasteiger partial charge on any atom is 0.269 e. The third-order valence-corrected chi connectivity index (χ3v) is 12.3. The molecule has 1 aliphatic heterocycles. The van der Waals surface area contributed by atoms with E-state index < -0.39 is 5.85 Å². The summed E-state index contributed by atoms with van der Waals surface area (Å²) < 4.78 is 8.50. The number of carbonyl (C=O) groups excluding carboxylic acids is 3. The number of aromatic hydroxyl groups is 1. The first-order valence-corrected chi connectivity index (χ1v) is 22.8. The van der Waals surface area contributed by atoms with Gasteiger partial charge in [0.15, 0.2) is 0 Å². The number of benzene rings is 4. The van der Waals surface area contributed by atoms with Crippen molar-refractivity contribution in [3.63, 3.8) is 0 Å². The molecule has 7 aromatic rings. The smallest absolute Gasteiger partial charge is 0.269 e. The molecule has 0 aliphatic carbocycles. The Labute approximate surface area is 394 Å². The molecule has 0 saturated heterocycles. The van der Waals surface area contributed by atoms with Crippen molar-refractivity contribution in [1.82, 2.24) is 30.5 Å². The van der Waals surface area contributed by atoms with Gasteiger partial charge in [-0.05, 0) is 116 Å². The average molecular weight is 921 g/mol. The van der Waals surface area contributed by atoms with Gasteiger partial charge in [0.25, 0.3) is 17.7 Å². The summed E-state index contributed by atoms with van der Waals surface area (Å²) in [7, 11) is 2.02. The number of anilines is 3. The normalized spacial score (nSPS) is 13.9. The number of amides is 3. The highest BCUT2D eigenvalue weighted by Gasteiger charge is 2.35. The number of pyridine rings is 2. The number of nitrogen functional groups attached to an aromatic ring is 1. The molecule has 3 amide bonds. The van der Waals surface area contributed by atoms with Gasteiger partial charge in [-0.2, -0.15) is 0 Å². The van der Waals surface area contributed by atoms with E-state index in [9.17, 15) is 19.5 Å². The summed E-state index contributed by atoms with van der Waals surface area (Å²) in [6, 6.07) is 28.0. The summed E-state index contributed by atoms with van der Waals surface area (Å²) >= 11 is 6.80. The number of nitrogens with zero attached hydrogens (tertiary/aromatic N) is 3. The number of nitrogens with one attached hydrogen (secondary N) is 5. The zero-order valence-corrected chi connectivity index (χ0v) is 38.7. The van der Waals surface area contributed by atoms with Crippen LogP contribution >= 0.6 is 11.6 Å². The van der Waals surface area contributed by atoms with E-state index in [1.165, 1.54) is 0 Å². The number of aromatic nitrogens is 3. The number of ether oxygens (including phenoxy) is 1. The molecule has 0 spiro atoms. The number of hydrogen-bond acceptors (Lipinski definition) is 10. The Hall–Kier alpha value is -7.58. The van der Waals surface area contributed by atoms with E-state index >= 15 is 0 Å². The summed E-state index contributed by atoms with van der Waals surface area (Å²) in [5.41, 5.74) is 16.8. The molecule has 4 heterocycles. The first-order valence-electron chi connectivity index (χ1n) is 22.4. The summed E-state index contributed by atoms with van der Waals surface area (Å²) in [5.74, 6) is -0.667. The van der Waals surface area contributed by atoms with E-state index in [1.807, 2.05) is 64.3 Å². The van der Waals surface area contributed by atoms with Crippen LogP contribution in [0.3, 0.4) is 0 Å². The van der Waals surface area contributed by atoms with Gasteiger partial charge in [-0.15, -0.1) is 0 Å². The van der Waals surface area contributed by atoms with E-state index in [0.717, 1.165) is 86.0 Å². The standard InChI is InChI=1S/C52H54ClN9O5/c1-5-38-41(30-59-49(54)48(38)32-10-14-36(63)15-11-32)35-12-17-43(58-29-35)51(66)57-23-19-47(64)55-21-7-6-8-22-56-50(65)39-26-37(16-9-31(39)2)67-52(3)60-44-27-40(42(53)28-45(44)61-52)33-13-18-46-34(25-33)20-24-62(46)4/h9-18,20,24-30,60-61,63H,5-8,19,21-23H2,1-4H3,(H2,54,59)(H,55,64)(H,56,65)(H,57,66).